The fraction of sp³-hybridized carbons (Fsp3) is 0. The van der Waals surface area contributed by atoms with Gasteiger partial charge in [-0.25, -0.2) is 5.26 Å². The van der Waals surface area contributed by atoms with E-state index >= 15 is 0 Å². The van der Waals surface area contributed by atoms with Crippen LogP contribution in [0.25, 0.3) is 11.1 Å². The highest BCUT2D eigenvalue weighted by Gasteiger charge is 2.22. The Labute approximate surface area is 179 Å². The number of ether oxygens (including phenoxy) is 2. The first-order valence-electron chi connectivity index (χ1n) is 7.62. The lowest BCUT2D eigenvalue weighted by Gasteiger charge is -2.12. The average Bonchev–Trinajstić information content (AvgIpc) is 2.72. The van der Waals surface area contributed by atoms with Crippen molar-refractivity contribution in [1.82, 2.24) is 0 Å². The van der Waals surface area contributed by atoms with Gasteiger partial charge in [0.25, 0.3) is 10.1 Å². The molecule has 0 radical (unpaired) electrons. The molecule has 32 heavy (non-hydrogen) atoms. The van der Waals surface area contributed by atoms with E-state index in [0.29, 0.717) is 6.07 Å². The summed E-state index contributed by atoms with van der Waals surface area (Å²) >= 11 is 0.171. The standard InChI is InChI=1S/C16H8F6O8S2/c17-13(18)15(21)27-9-3-1-7(5-11(9)31-30-29-23)8-2-4-10(28-16(22)14(19)20)12(6-8)32(24,25)26/h1-6,23H,(H,24,25,26). The molecule has 0 fully saturated rings. The zero-order valence-electron chi connectivity index (χ0n) is 14.9. The molecule has 174 valence electrons. The van der Waals surface area contributed by atoms with Crippen molar-refractivity contribution in [2.24, 2.45) is 0 Å². The van der Waals surface area contributed by atoms with Crippen LogP contribution in [0.3, 0.4) is 0 Å². The molecule has 2 N–H and O–H groups in total. The van der Waals surface area contributed by atoms with Crippen LogP contribution >= 0.6 is 12.0 Å². The molecule has 2 rings (SSSR count). The maximum atomic E-state index is 13.1. The van der Waals surface area contributed by atoms with Crippen molar-refractivity contribution in [2.75, 3.05) is 0 Å². The van der Waals surface area contributed by atoms with Gasteiger partial charge < -0.3 is 9.47 Å². The Morgan fingerprint density at radius 2 is 1.31 bits per heavy atom. The summed E-state index contributed by atoms with van der Waals surface area (Å²) in [5.74, 6) is -1.51. The maximum absolute atomic E-state index is 13.1. The Bertz CT molecular complexity index is 1160. The quantitative estimate of drug-likeness (QED) is 0.108. The van der Waals surface area contributed by atoms with Crippen molar-refractivity contribution in [2.45, 2.75) is 9.79 Å². The summed E-state index contributed by atoms with van der Waals surface area (Å²) in [5.41, 5.74) is -0.00304. The second-order valence-electron chi connectivity index (χ2n) is 5.30. The number of rotatable bonds is 9. The van der Waals surface area contributed by atoms with Gasteiger partial charge >= 0.3 is 24.2 Å². The van der Waals surface area contributed by atoms with Crippen LogP contribution in [0.4, 0.5) is 26.3 Å². The van der Waals surface area contributed by atoms with Crippen molar-refractivity contribution in [3.05, 3.63) is 60.6 Å². The first kappa shape index (κ1) is 25.5. The van der Waals surface area contributed by atoms with Crippen LogP contribution in [0, 0.1) is 0 Å². The van der Waals surface area contributed by atoms with E-state index in [1.54, 1.807) is 0 Å². The van der Waals surface area contributed by atoms with Gasteiger partial charge in [0.1, 0.15) is 10.6 Å². The van der Waals surface area contributed by atoms with Crippen LogP contribution in [-0.2, 0) is 19.5 Å². The van der Waals surface area contributed by atoms with E-state index in [1.165, 1.54) is 0 Å². The minimum Gasteiger partial charge on any atom is -0.427 e. The summed E-state index contributed by atoms with van der Waals surface area (Å²) in [6.45, 7) is 0. The Morgan fingerprint density at radius 3 is 1.81 bits per heavy atom. The van der Waals surface area contributed by atoms with Crippen molar-refractivity contribution < 1.29 is 63.4 Å². The van der Waals surface area contributed by atoms with E-state index in [0.717, 1.165) is 30.3 Å². The number of hydrogen-bond acceptors (Lipinski definition) is 8. The van der Waals surface area contributed by atoms with Gasteiger partial charge in [0.2, 0.25) is 0 Å². The normalized spacial score (nSPS) is 11.1. The lowest BCUT2D eigenvalue weighted by atomic mass is 10.1. The third kappa shape index (κ3) is 6.62. The topological polar surface area (TPSA) is 112 Å². The highest BCUT2D eigenvalue weighted by molar-refractivity contribution is 7.94. The highest BCUT2D eigenvalue weighted by atomic mass is 32.2. The SMILES string of the molecule is O=S(=O)(O)c1cc(-c2ccc(OC(F)=C(F)F)c(SOOO)c2)ccc1OC(F)=C(F)F. The molecule has 0 aromatic heterocycles. The Balaban J connectivity index is 2.56. The first-order chi connectivity index (χ1) is 14.9. The van der Waals surface area contributed by atoms with Crippen molar-refractivity contribution in [3.8, 4) is 22.6 Å². The molecule has 0 aliphatic heterocycles. The van der Waals surface area contributed by atoms with Crippen molar-refractivity contribution in [3.63, 3.8) is 0 Å². The fourth-order valence-electron chi connectivity index (χ4n) is 2.13. The maximum Gasteiger partial charge on any atom is 0.344 e. The highest BCUT2D eigenvalue weighted by Crippen LogP contribution is 2.38. The minimum absolute atomic E-state index is 0.0515. The molecule has 16 heteroatoms. The van der Waals surface area contributed by atoms with Gasteiger partial charge in [0.15, 0.2) is 5.75 Å². The van der Waals surface area contributed by atoms with Gasteiger partial charge in [-0.15, -0.1) is 4.33 Å². The van der Waals surface area contributed by atoms with Crippen LogP contribution in [0.15, 0.2) is 70.4 Å². The molecule has 0 heterocycles. The number of halogens is 6. The van der Waals surface area contributed by atoms with E-state index in [-0.39, 0.29) is 28.1 Å². The molecule has 0 saturated carbocycles. The van der Waals surface area contributed by atoms with Crippen LogP contribution in [0.1, 0.15) is 0 Å². The van der Waals surface area contributed by atoms with Crippen molar-refractivity contribution >= 4 is 22.2 Å². The Hall–Kier alpha value is -2.76. The van der Waals surface area contributed by atoms with Gasteiger partial charge in [0, 0.05) is 0 Å². The van der Waals surface area contributed by atoms with Crippen LogP contribution < -0.4 is 9.47 Å². The zero-order chi connectivity index (χ0) is 24.1. The van der Waals surface area contributed by atoms with Crippen molar-refractivity contribution in [1.29, 1.82) is 0 Å². The summed E-state index contributed by atoms with van der Waals surface area (Å²) in [5, 5.41) is 11.6. The lowest BCUT2D eigenvalue weighted by Crippen LogP contribution is -2.03. The molecule has 0 aliphatic carbocycles. The summed E-state index contributed by atoms with van der Waals surface area (Å²) in [7, 11) is -5.10. The zero-order valence-corrected chi connectivity index (χ0v) is 16.5. The fourth-order valence-corrected chi connectivity index (χ4v) is 3.24. The molecule has 0 atom stereocenters. The molecule has 0 spiro atoms. The Morgan fingerprint density at radius 1 is 0.812 bits per heavy atom. The molecule has 8 nitrogen and oxygen atoms in total. The minimum atomic E-state index is -5.10. The van der Waals surface area contributed by atoms with E-state index in [2.05, 4.69) is 18.8 Å². The largest absolute Gasteiger partial charge is 0.427 e. The van der Waals surface area contributed by atoms with E-state index in [4.69, 9.17) is 5.26 Å². The second-order valence-corrected chi connectivity index (χ2v) is 7.43. The van der Waals surface area contributed by atoms with E-state index < -0.39 is 50.7 Å². The Kier molecular flexibility index (Phi) is 8.53. The predicted octanol–water partition coefficient (Wildman–Crippen LogP) is 5.86. The summed E-state index contributed by atoms with van der Waals surface area (Å²) in [4.78, 5) is -1.36. The van der Waals surface area contributed by atoms with Crippen LogP contribution in [0.2, 0.25) is 0 Å². The molecule has 0 amide bonds. The van der Waals surface area contributed by atoms with Crippen LogP contribution in [0.5, 0.6) is 11.5 Å². The molecule has 0 aliphatic rings. The monoisotopic (exact) mass is 506 g/mol. The molecule has 2 aromatic rings. The second kappa shape index (κ2) is 10.7. The number of hydrogen-bond donors (Lipinski definition) is 2. The predicted molar refractivity (Wildman–Crippen MR) is 94.3 cm³/mol. The first-order valence-corrected chi connectivity index (χ1v) is 9.80. The van der Waals surface area contributed by atoms with Crippen LogP contribution in [-0.4, -0.2) is 18.2 Å². The van der Waals surface area contributed by atoms with Gasteiger partial charge in [-0.05, 0) is 35.4 Å². The van der Waals surface area contributed by atoms with E-state index in [1.807, 2.05) is 0 Å². The third-order valence-electron chi connectivity index (χ3n) is 3.35. The van der Waals surface area contributed by atoms with Gasteiger partial charge in [-0.3, -0.25) is 4.55 Å². The molecular formula is C16H8F6O8S2. The summed E-state index contributed by atoms with van der Waals surface area (Å²) in [6, 6.07) is 0.994. The molecule has 0 saturated heterocycles. The van der Waals surface area contributed by atoms with Gasteiger partial charge in [-0.2, -0.15) is 34.8 Å². The summed E-state index contributed by atoms with van der Waals surface area (Å²) in [6.07, 6.45) is -5.66. The summed E-state index contributed by atoms with van der Waals surface area (Å²) < 4.78 is 120. The lowest BCUT2D eigenvalue weighted by molar-refractivity contribution is -0.432. The van der Waals surface area contributed by atoms with Gasteiger partial charge in [-0.1, -0.05) is 17.2 Å². The van der Waals surface area contributed by atoms with E-state index in [9.17, 15) is 39.3 Å². The smallest absolute Gasteiger partial charge is 0.344 e. The average molecular weight is 506 g/mol. The molecule has 0 bridgehead atoms. The van der Waals surface area contributed by atoms with Gasteiger partial charge in [0.05, 0.1) is 16.9 Å². The number of benzene rings is 2. The molecule has 2 aromatic carbocycles. The molecular weight excluding hydrogens is 498 g/mol. The molecule has 0 unspecified atom stereocenters. The third-order valence-corrected chi connectivity index (χ3v) is 4.85.